The summed E-state index contributed by atoms with van der Waals surface area (Å²) in [6, 6.07) is 13.1. The number of aryl methyl sites for hydroxylation is 2. The molecule has 0 spiro atoms. The van der Waals surface area contributed by atoms with Crippen molar-refractivity contribution < 1.29 is 0 Å². The van der Waals surface area contributed by atoms with Gasteiger partial charge in [-0.05, 0) is 68.8 Å². The predicted octanol–water partition coefficient (Wildman–Crippen LogP) is 5.01. The molecule has 1 atom stereocenters. The Bertz CT molecular complexity index is 617. The van der Waals surface area contributed by atoms with Gasteiger partial charge in [0.2, 0.25) is 0 Å². The summed E-state index contributed by atoms with van der Waals surface area (Å²) in [6.45, 7) is 6.35. The van der Waals surface area contributed by atoms with Crippen LogP contribution in [0.3, 0.4) is 0 Å². The molecule has 0 heterocycles. The van der Waals surface area contributed by atoms with Gasteiger partial charge in [0.05, 0.1) is 10.7 Å². The third-order valence-electron chi connectivity index (χ3n) is 3.86. The number of hydrogen-bond donors (Lipinski definition) is 1. The van der Waals surface area contributed by atoms with Gasteiger partial charge in [-0.3, -0.25) is 0 Å². The molecule has 112 valence electrons. The fourth-order valence-corrected chi connectivity index (χ4v) is 2.83. The van der Waals surface area contributed by atoms with Crippen molar-refractivity contribution in [1.82, 2.24) is 5.32 Å². The molecule has 21 heavy (non-hydrogen) atoms. The van der Waals surface area contributed by atoms with Gasteiger partial charge in [0.25, 0.3) is 0 Å². The summed E-state index contributed by atoms with van der Waals surface area (Å²) in [7, 11) is 4.00. The minimum Gasteiger partial charge on any atom is -0.343 e. The van der Waals surface area contributed by atoms with E-state index in [0.29, 0.717) is 6.04 Å². The normalized spacial score (nSPS) is 12.3. The van der Waals surface area contributed by atoms with E-state index >= 15 is 0 Å². The highest BCUT2D eigenvalue weighted by Crippen LogP contribution is 2.33. The van der Waals surface area contributed by atoms with Gasteiger partial charge in [-0.25, -0.2) is 0 Å². The molecule has 0 aliphatic rings. The van der Waals surface area contributed by atoms with Crippen molar-refractivity contribution in [3.63, 3.8) is 0 Å². The van der Waals surface area contributed by atoms with Gasteiger partial charge in [-0.2, -0.15) is 0 Å². The standard InChI is InChI=1S/C18H23ClN2/c1-12-8-13(2)10-16(9-12)21(5)18-7-6-15(11-17(18)19)14(3)20-4/h6-11,14,20H,1-5H3. The molecule has 0 bridgehead atoms. The van der Waals surface area contributed by atoms with Gasteiger partial charge in [0, 0.05) is 18.8 Å². The second-order valence-electron chi connectivity index (χ2n) is 5.63. The highest BCUT2D eigenvalue weighted by molar-refractivity contribution is 6.33. The minimum atomic E-state index is 0.295. The third kappa shape index (κ3) is 3.58. The smallest absolute Gasteiger partial charge is 0.0646 e. The van der Waals surface area contributed by atoms with Crippen LogP contribution >= 0.6 is 11.6 Å². The number of nitrogens with one attached hydrogen (secondary N) is 1. The first-order chi connectivity index (χ1) is 9.92. The molecular weight excluding hydrogens is 280 g/mol. The molecular formula is C18H23ClN2. The summed E-state index contributed by atoms with van der Waals surface area (Å²) >= 11 is 6.49. The first kappa shape index (κ1) is 15.9. The summed E-state index contributed by atoms with van der Waals surface area (Å²) in [5.74, 6) is 0. The fourth-order valence-electron chi connectivity index (χ4n) is 2.51. The zero-order valence-corrected chi connectivity index (χ0v) is 14.1. The maximum Gasteiger partial charge on any atom is 0.0646 e. The minimum absolute atomic E-state index is 0.295. The van der Waals surface area contributed by atoms with Crippen LogP contribution in [0.25, 0.3) is 0 Å². The molecule has 2 aromatic rings. The lowest BCUT2D eigenvalue weighted by molar-refractivity contribution is 0.652. The number of halogens is 1. The lowest BCUT2D eigenvalue weighted by atomic mass is 10.1. The van der Waals surface area contributed by atoms with E-state index in [1.54, 1.807) is 0 Å². The summed E-state index contributed by atoms with van der Waals surface area (Å²) in [5.41, 5.74) is 5.89. The maximum atomic E-state index is 6.49. The molecule has 2 rings (SSSR count). The molecule has 0 saturated carbocycles. The van der Waals surface area contributed by atoms with E-state index in [1.165, 1.54) is 16.7 Å². The molecule has 2 nitrogen and oxygen atoms in total. The number of hydrogen-bond acceptors (Lipinski definition) is 2. The molecule has 0 fully saturated rings. The summed E-state index contributed by atoms with van der Waals surface area (Å²) in [5, 5.41) is 4.01. The van der Waals surface area contributed by atoms with Gasteiger partial charge < -0.3 is 10.2 Å². The van der Waals surface area contributed by atoms with Crippen LogP contribution in [-0.4, -0.2) is 14.1 Å². The number of benzene rings is 2. The Kier molecular flexibility index (Phi) is 4.92. The Hall–Kier alpha value is -1.51. The van der Waals surface area contributed by atoms with Gasteiger partial charge in [0.15, 0.2) is 0 Å². The van der Waals surface area contributed by atoms with E-state index in [4.69, 9.17) is 11.6 Å². The van der Waals surface area contributed by atoms with E-state index in [0.717, 1.165) is 16.4 Å². The van der Waals surface area contributed by atoms with Crippen molar-refractivity contribution in [3.8, 4) is 0 Å². The van der Waals surface area contributed by atoms with Crippen molar-refractivity contribution in [2.24, 2.45) is 0 Å². The number of anilines is 2. The Labute approximate surface area is 132 Å². The largest absolute Gasteiger partial charge is 0.343 e. The number of nitrogens with zero attached hydrogens (tertiary/aromatic N) is 1. The predicted molar refractivity (Wildman–Crippen MR) is 92.9 cm³/mol. The van der Waals surface area contributed by atoms with Gasteiger partial charge in [-0.1, -0.05) is 23.7 Å². The average Bonchev–Trinajstić information content (AvgIpc) is 2.44. The molecule has 0 radical (unpaired) electrons. The summed E-state index contributed by atoms with van der Waals surface area (Å²) < 4.78 is 0. The molecule has 0 amide bonds. The van der Waals surface area contributed by atoms with E-state index in [1.807, 2.05) is 13.1 Å². The highest BCUT2D eigenvalue weighted by atomic mass is 35.5. The highest BCUT2D eigenvalue weighted by Gasteiger charge is 2.11. The first-order valence-corrected chi connectivity index (χ1v) is 7.59. The number of rotatable bonds is 4. The van der Waals surface area contributed by atoms with Crippen LogP contribution in [0.1, 0.15) is 29.7 Å². The second kappa shape index (κ2) is 6.50. The molecule has 2 aromatic carbocycles. The maximum absolute atomic E-state index is 6.49. The van der Waals surface area contributed by atoms with Crippen LogP contribution in [0.15, 0.2) is 36.4 Å². The van der Waals surface area contributed by atoms with Crippen molar-refractivity contribution in [1.29, 1.82) is 0 Å². The monoisotopic (exact) mass is 302 g/mol. The quantitative estimate of drug-likeness (QED) is 0.854. The van der Waals surface area contributed by atoms with E-state index in [2.05, 4.69) is 68.4 Å². The van der Waals surface area contributed by atoms with Crippen LogP contribution in [0.2, 0.25) is 5.02 Å². The molecule has 1 unspecified atom stereocenters. The van der Waals surface area contributed by atoms with Crippen molar-refractivity contribution >= 4 is 23.0 Å². The van der Waals surface area contributed by atoms with Crippen molar-refractivity contribution in [2.45, 2.75) is 26.8 Å². The molecule has 0 saturated heterocycles. The Morgan fingerprint density at radius 2 is 1.67 bits per heavy atom. The van der Waals surface area contributed by atoms with Gasteiger partial charge in [0.1, 0.15) is 0 Å². The van der Waals surface area contributed by atoms with Crippen LogP contribution < -0.4 is 10.2 Å². The van der Waals surface area contributed by atoms with Crippen LogP contribution in [-0.2, 0) is 0 Å². The topological polar surface area (TPSA) is 15.3 Å². The van der Waals surface area contributed by atoms with Gasteiger partial charge >= 0.3 is 0 Å². The van der Waals surface area contributed by atoms with Crippen LogP contribution in [0.4, 0.5) is 11.4 Å². The summed E-state index contributed by atoms with van der Waals surface area (Å²) in [4.78, 5) is 2.14. The zero-order valence-electron chi connectivity index (χ0n) is 13.4. The molecule has 0 aliphatic carbocycles. The Morgan fingerprint density at radius 3 is 2.19 bits per heavy atom. The lowest BCUT2D eigenvalue weighted by Crippen LogP contribution is -2.14. The van der Waals surface area contributed by atoms with Gasteiger partial charge in [-0.15, -0.1) is 0 Å². The fraction of sp³-hybridized carbons (Fsp3) is 0.333. The molecule has 1 N–H and O–H groups in total. The second-order valence-corrected chi connectivity index (χ2v) is 6.03. The first-order valence-electron chi connectivity index (χ1n) is 7.21. The van der Waals surface area contributed by atoms with E-state index < -0.39 is 0 Å². The Morgan fingerprint density at radius 1 is 1.05 bits per heavy atom. The third-order valence-corrected chi connectivity index (χ3v) is 4.16. The SMILES string of the molecule is CNC(C)c1ccc(N(C)c2cc(C)cc(C)c2)c(Cl)c1. The molecule has 0 aliphatic heterocycles. The van der Waals surface area contributed by atoms with Crippen molar-refractivity contribution in [2.75, 3.05) is 19.0 Å². The van der Waals surface area contributed by atoms with Crippen LogP contribution in [0.5, 0.6) is 0 Å². The van der Waals surface area contributed by atoms with E-state index in [-0.39, 0.29) is 0 Å². The summed E-state index contributed by atoms with van der Waals surface area (Å²) in [6.07, 6.45) is 0. The van der Waals surface area contributed by atoms with Crippen LogP contribution in [0, 0.1) is 13.8 Å². The molecule has 3 heteroatoms. The lowest BCUT2D eigenvalue weighted by Gasteiger charge is -2.23. The zero-order chi connectivity index (χ0) is 15.6. The average molecular weight is 303 g/mol. The van der Waals surface area contributed by atoms with Crippen molar-refractivity contribution in [3.05, 3.63) is 58.1 Å². The molecule has 0 aromatic heterocycles. The Balaban J connectivity index is 2.37. The van der Waals surface area contributed by atoms with E-state index in [9.17, 15) is 0 Å².